The lowest BCUT2D eigenvalue weighted by atomic mass is 10.2. The summed E-state index contributed by atoms with van der Waals surface area (Å²) in [5, 5.41) is 0. The number of ketones is 1. The predicted octanol–water partition coefficient (Wildman–Crippen LogP) is -0.434. The van der Waals surface area contributed by atoms with Crippen LogP contribution in [0.4, 0.5) is 0 Å². The maximum absolute atomic E-state index is 11.7. The molecule has 0 spiro atoms. The van der Waals surface area contributed by atoms with Crippen molar-refractivity contribution in [3.63, 3.8) is 0 Å². The van der Waals surface area contributed by atoms with Crippen molar-refractivity contribution in [2.45, 2.75) is 6.17 Å². The number of carbonyl (C=O) groups excluding carboxylic acids is 1. The molecule has 0 atom stereocenters. The maximum Gasteiger partial charge on any atom is 0.178 e. The molecule has 0 aromatic carbocycles. The molecule has 0 aliphatic carbocycles. The Bertz CT molecular complexity index is 158. The van der Waals surface area contributed by atoms with Gasteiger partial charge >= 0.3 is 0 Å². The van der Waals surface area contributed by atoms with Crippen LogP contribution >= 0.6 is 0 Å². The fraction of sp³-hybridized carbons (Fsp3) is 0.889. The SMILES string of the molecule is CN(C)CC(=O)C(N(C)C)N(C)C. The lowest BCUT2D eigenvalue weighted by molar-refractivity contribution is -0.128. The van der Waals surface area contributed by atoms with Crippen molar-refractivity contribution < 1.29 is 4.79 Å². The number of likely N-dealkylation sites (N-methyl/N-ethyl adjacent to an activating group) is 3. The fourth-order valence-electron chi connectivity index (χ4n) is 1.43. The van der Waals surface area contributed by atoms with Crippen LogP contribution in [0.1, 0.15) is 0 Å². The van der Waals surface area contributed by atoms with Gasteiger partial charge in [0.05, 0.1) is 6.54 Å². The van der Waals surface area contributed by atoms with Crippen LogP contribution in [0.25, 0.3) is 0 Å². The van der Waals surface area contributed by atoms with Gasteiger partial charge in [0, 0.05) is 0 Å². The molecule has 0 aliphatic rings. The summed E-state index contributed by atoms with van der Waals surface area (Å²) in [5.74, 6) is 0.222. The Kier molecular flexibility index (Phi) is 5.13. The van der Waals surface area contributed by atoms with Crippen molar-refractivity contribution in [1.82, 2.24) is 14.7 Å². The number of carbonyl (C=O) groups is 1. The number of rotatable bonds is 5. The highest BCUT2D eigenvalue weighted by atomic mass is 16.1. The zero-order chi connectivity index (χ0) is 10.6. The summed E-state index contributed by atoms with van der Waals surface area (Å²) in [5.41, 5.74) is 0. The van der Waals surface area contributed by atoms with Gasteiger partial charge in [-0.25, -0.2) is 0 Å². The van der Waals surface area contributed by atoms with Gasteiger partial charge in [0.25, 0.3) is 0 Å². The zero-order valence-corrected chi connectivity index (χ0v) is 9.53. The highest BCUT2D eigenvalue weighted by Crippen LogP contribution is 1.99. The molecule has 0 aromatic rings. The van der Waals surface area contributed by atoms with E-state index >= 15 is 0 Å². The van der Waals surface area contributed by atoms with Gasteiger partial charge in [-0.2, -0.15) is 0 Å². The molecule has 0 aliphatic heterocycles. The average Bonchev–Trinajstić information content (AvgIpc) is 1.81. The second-order valence-electron chi connectivity index (χ2n) is 4.00. The Morgan fingerprint density at radius 1 is 1.00 bits per heavy atom. The van der Waals surface area contributed by atoms with E-state index in [0.29, 0.717) is 6.54 Å². The molecule has 0 amide bonds. The minimum absolute atomic E-state index is 0.123. The third kappa shape index (κ3) is 4.36. The summed E-state index contributed by atoms with van der Waals surface area (Å²) in [7, 11) is 11.5. The number of Topliss-reactive ketones (excluding diaryl/α,β-unsaturated/α-hetero) is 1. The molecule has 0 rings (SSSR count). The number of nitrogens with zero attached hydrogens (tertiary/aromatic N) is 3. The molecule has 0 saturated carbocycles. The van der Waals surface area contributed by atoms with E-state index in [0.717, 1.165) is 0 Å². The first kappa shape index (κ1) is 12.6. The minimum Gasteiger partial charge on any atom is -0.302 e. The van der Waals surface area contributed by atoms with Crippen molar-refractivity contribution >= 4 is 5.78 Å². The van der Waals surface area contributed by atoms with Crippen LogP contribution < -0.4 is 0 Å². The lowest BCUT2D eigenvalue weighted by Gasteiger charge is -2.29. The van der Waals surface area contributed by atoms with Crippen molar-refractivity contribution in [3.8, 4) is 0 Å². The van der Waals surface area contributed by atoms with Gasteiger partial charge in [0.1, 0.15) is 6.17 Å². The van der Waals surface area contributed by atoms with Gasteiger partial charge in [-0.3, -0.25) is 14.6 Å². The van der Waals surface area contributed by atoms with E-state index in [2.05, 4.69) is 0 Å². The molecule has 13 heavy (non-hydrogen) atoms. The van der Waals surface area contributed by atoms with Crippen LogP contribution in [-0.2, 0) is 4.79 Å². The Balaban J connectivity index is 4.29. The standard InChI is InChI=1S/C9H21N3O/c1-10(2)7-8(13)9(11(3)4)12(5)6/h9H,7H2,1-6H3. The van der Waals surface area contributed by atoms with E-state index in [-0.39, 0.29) is 11.9 Å². The summed E-state index contributed by atoms with van der Waals surface area (Å²) >= 11 is 0. The third-order valence-electron chi connectivity index (χ3n) is 1.74. The summed E-state index contributed by atoms with van der Waals surface area (Å²) in [4.78, 5) is 17.4. The fourth-order valence-corrected chi connectivity index (χ4v) is 1.43. The molecule has 0 bridgehead atoms. The number of hydrogen-bond donors (Lipinski definition) is 0. The van der Waals surface area contributed by atoms with Crippen LogP contribution in [0.5, 0.6) is 0 Å². The predicted molar refractivity (Wildman–Crippen MR) is 54.7 cm³/mol. The van der Waals surface area contributed by atoms with Crippen LogP contribution in [0, 0.1) is 0 Å². The van der Waals surface area contributed by atoms with Gasteiger partial charge in [-0.15, -0.1) is 0 Å². The molecule has 0 unspecified atom stereocenters. The monoisotopic (exact) mass is 187 g/mol. The van der Waals surface area contributed by atoms with Crippen LogP contribution in [0.3, 0.4) is 0 Å². The molecular weight excluding hydrogens is 166 g/mol. The van der Waals surface area contributed by atoms with E-state index < -0.39 is 0 Å². The average molecular weight is 187 g/mol. The summed E-state index contributed by atoms with van der Waals surface area (Å²) in [6, 6.07) is 0. The van der Waals surface area contributed by atoms with E-state index in [9.17, 15) is 4.79 Å². The Labute approximate surface area is 81.1 Å². The molecule has 4 heteroatoms. The van der Waals surface area contributed by atoms with Crippen LogP contribution in [0.2, 0.25) is 0 Å². The second-order valence-corrected chi connectivity index (χ2v) is 4.00. The molecule has 0 radical (unpaired) electrons. The zero-order valence-electron chi connectivity index (χ0n) is 9.53. The smallest absolute Gasteiger partial charge is 0.178 e. The van der Waals surface area contributed by atoms with E-state index in [1.165, 1.54) is 0 Å². The summed E-state index contributed by atoms with van der Waals surface area (Å²) in [6.45, 7) is 0.487. The van der Waals surface area contributed by atoms with Gasteiger partial charge in [0.15, 0.2) is 5.78 Å². The number of hydrogen-bond acceptors (Lipinski definition) is 4. The molecule has 78 valence electrons. The van der Waals surface area contributed by atoms with Gasteiger partial charge in [0.2, 0.25) is 0 Å². The Morgan fingerprint density at radius 2 is 1.38 bits per heavy atom. The first-order valence-electron chi connectivity index (χ1n) is 4.36. The quantitative estimate of drug-likeness (QED) is 0.546. The minimum atomic E-state index is -0.123. The highest BCUT2D eigenvalue weighted by Gasteiger charge is 2.22. The van der Waals surface area contributed by atoms with Crippen LogP contribution in [-0.4, -0.2) is 75.5 Å². The maximum atomic E-state index is 11.7. The normalized spacial score (nSPS) is 12.2. The Morgan fingerprint density at radius 3 is 1.62 bits per heavy atom. The van der Waals surface area contributed by atoms with E-state index in [1.807, 2.05) is 57.0 Å². The van der Waals surface area contributed by atoms with Crippen molar-refractivity contribution in [1.29, 1.82) is 0 Å². The molecule has 0 aromatic heterocycles. The largest absolute Gasteiger partial charge is 0.302 e. The first-order chi connectivity index (χ1) is 5.86. The first-order valence-corrected chi connectivity index (χ1v) is 4.36. The lowest BCUT2D eigenvalue weighted by Crippen LogP contribution is -2.49. The van der Waals surface area contributed by atoms with Gasteiger partial charge in [-0.05, 0) is 42.3 Å². The highest BCUT2D eigenvalue weighted by molar-refractivity contribution is 5.85. The second kappa shape index (κ2) is 5.32. The summed E-state index contributed by atoms with van der Waals surface area (Å²) in [6.07, 6.45) is -0.123. The topological polar surface area (TPSA) is 26.8 Å². The molecule has 4 nitrogen and oxygen atoms in total. The Hall–Kier alpha value is -0.450. The molecule has 0 fully saturated rings. The van der Waals surface area contributed by atoms with Crippen molar-refractivity contribution in [2.75, 3.05) is 48.8 Å². The molecule has 0 N–H and O–H groups in total. The molecular formula is C9H21N3O. The van der Waals surface area contributed by atoms with Gasteiger partial charge < -0.3 is 4.90 Å². The van der Waals surface area contributed by atoms with E-state index in [4.69, 9.17) is 0 Å². The molecule has 0 saturated heterocycles. The summed E-state index contributed by atoms with van der Waals surface area (Å²) < 4.78 is 0. The van der Waals surface area contributed by atoms with Crippen LogP contribution in [0.15, 0.2) is 0 Å². The third-order valence-corrected chi connectivity index (χ3v) is 1.74. The van der Waals surface area contributed by atoms with Gasteiger partial charge in [-0.1, -0.05) is 0 Å². The van der Waals surface area contributed by atoms with E-state index in [1.54, 1.807) is 0 Å². The van der Waals surface area contributed by atoms with Crippen molar-refractivity contribution in [3.05, 3.63) is 0 Å². The molecule has 0 heterocycles. The van der Waals surface area contributed by atoms with Crippen molar-refractivity contribution in [2.24, 2.45) is 0 Å².